The number of likely N-dealkylation sites (N-methyl/N-ethyl adjacent to an activating group) is 1. The molecule has 1 spiro atoms. The van der Waals surface area contributed by atoms with Crippen LogP contribution in [0.25, 0.3) is 0 Å². The maximum Gasteiger partial charge on any atom is 0.125 e. The van der Waals surface area contributed by atoms with Gasteiger partial charge in [-0.25, -0.2) is 0 Å². The molecule has 2 heterocycles. The van der Waals surface area contributed by atoms with Crippen LogP contribution in [-0.2, 0) is 0 Å². The Morgan fingerprint density at radius 3 is 2.89 bits per heavy atom. The second-order valence-electron chi connectivity index (χ2n) is 5.75. The summed E-state index contributed by atoms with van der Waals surface area (Å²) in [5, 5.41) is 0.723. The molecule has 0 amide bonds. The van der Waals surface area contributed by atoms with Crippen molar-refractivity contribution >= 4 is 11.6 Å². The van der Waals surface area contributed by atoms with Crippen molar-refractivity contribution in [2.75, 3.05) is 13.6 Å². The minimum absolute atomic E-state index is 0.0196. The molecule has 18 heavy (non-hydrogen) atoms. The van der Waals surface area contributed by atoms with Gasteiger partial charge in [-0.3, -0.25) is 4.90 Å². The topological polar surface area (TPSA) is 38.5 Å². The van der Waals surface area contributed by atoms with E-state index in [-0.39, 0.29) is 11.6 Å². The number of nitrogens with zero attached hydrogens (tertiary/aromatic N) is 1. The van der Waals surface area contributed by atoms with Crippen molar-refractivity contribution in [2.24, 2.45) is 5.73 Å². The fraction of sp³-hybridized carbons (Fsp3) is 0.571. The van der Waals surface area contributed by atoms with Gasteiger partial charge in [0.25, 0.3) is 0 Å². The normalized spacial score (nSPS) is 35.6. The van der Waals surface area contributed by atoms with Crippen molar-refractivity contribution in [3.8, 4) is 5.75 Å². The average Bonchev–Trinajstić information content (AvgIpc) is 2.55. The van der Waals surface area contributed by atoms with Crippen LogP contribution in [0.15, 0.2) is 18.2 Å². The third-order valence-corrected chi connectivity index (χ3v) is 4.48. The number of halogens is 1. The summed E-state index contributed by atoms with van der Waals surface area (Å²) in [4.78, 5) is 2.34. The molecular formula is C14H19ClN2O. The van der Waals surface area contributed by atoms with Gasteiger partial charge in [0.2, 0.25) is 0 Å². The fourth-order valence-corrected chi connectivity index (χ4v) is 3.46. The number of nitrogens with two attached hydrogens (primary N) is 1. The van der Waals surface area contributed by atoms with Crippen molar-refractivity contribution < 1.29 is 4.74 Å². The molecule has 2 N–H and O–H groups in total. The molecule has 1 fully saturated rings. The third kappa shape index (κ3) is 1.91. The van der Waals surface area contributed by atoms with Crippen LogP contribution in [0.5, 0.6) is 5.75 Å². The number of hydrogen-bond acceptors (Lipinski definition) is 3. The van der Waals surface area contributed by atoms with Crippen molar-refractivity contribution in [2.45, 2.75) is 37.5 Å². The SMILES string of the molecule is CC1CC2(C[C@@H](N)c3cc(Cl)ccc3O2)CN1C. The molecule has 2 unspecified atom stereocenters. The second-order valence-corrected chi connectivity index (χ2v) is 6.18. The molecule has 0 aliphatic carbocycles. The van der Waals surface area contributed by atoms with E-state index >= 15 is 0 Å². The van der Waals surface area contributed by atoms with Crippen LogP contribution in [0.1, 0.15) is 31.4 Å². The van der Waals surface area contributed by atoms with E-state index in [9.17, 15) is 0 Å². The number of fused-ring (bicyclic) bond motifs is 1. The van der Waals surface area contributed by atoms with Crippen LogP contribution in [-0.4, -0.2) is 30.1 Å². The summed E-state index contributed by atoms with van der Waals surface area (Å²) in [5.41, 5.74) is 7.22. The molecular weight excluding hydrogens is 248 g/mol. The lowest BCUT2D eigenvalue weighted by Crippen LogP contribution is -2.44. The average molecular weight is 267 g/mol. The number of likely N-dealkylation sites (tertiary alicyclic amines) is 1. The molecule has 2 aliphatic rings. The highest BCUT2D eigenvalue weighted by Crippen LogP contribution is 2.44. The van der Waals surface area contributed by atoms with Crippen LogP contribution in [0.4, 0.5) is 0 Å². The van der Waals surface area contributed by atoms with Gasteiger partial charge in [0.05, 0.1) is 0 Å². The van der Waals surface area contributed by atoms with Crippen molar-refractivity contribution in [1.29, 1.82) is 0 Å². The summed E-state index contributed by atoms with van der Waals surface area (Å²) in [6.07, 6.45) is 1.91. The first-order valence-electron chi connectivity index (χ1n) is 6.43. The summed E-state index contributed by atoms with van der Waals surface area (Å²) in [6, 6.07) is 6.31. The van der Waals surface area contributed by atoms with E-state index < -0.39 is 0 Å². The van der Waals surface area contributed by atoms with Crippen molar-refractivity contribution in [1.82, 2.24) is 4.90 Å². The standard InChI is InChI=1S/C14H19ClN2O/c1-9-6-14(8-17(9)2)7-12(16)11-5-10(15)3-4-13(11)18-14/h3-5,9,12H,6-8,16H2,1-2H3/t9?,12-,14?/m1/s1. The van der Waals surface area contributed by atoms with Gasteiger partial charge in [0.15, 0.2) is 0 Å². The Bertz CT molecular complexity index is 467. The van der Waals surface area contributed by atoms with Crippen LogP contribution in [0.3, 0.4) is 0 Å². The van der Waals surface area contributed by atoms with Gasteiger partial charge in [-0.05, 0) is 32.2 Å². The van der Waals surface area contributed by atoms with Crippen LogP contribution >= 0.6 is 11.6 Å². The Kier molecular flexibility index (Phi) is 2.81. The van der Waals surface area contributed by atoms with Gasteiger partial charge in [0.1, 0.15) is 11.4 Å². The minimum Gasteiger partial charge on any atom is -0.485 e. The Morgan fingerprint density at radius 2 is 2.22 bits per heavy atom. The molecule has 4 heteroatoms. The van der Waals surface area contributed by atoms with E-state index in [0.29, 0.717) is 6.04 Å². The molecule has 0 radical (unpaired) electrons. The van der Waals surface area contributed by atoms with Gasteiger partial charge in [-0.15, -0.1) is 0 Å². The Labute approximate surface area is 113 Å². The largest absolute Gasteiger partial charge is 0.485 e. The highest BCUT2D eigenvalue weighted by molar-refractivity contribution is 6.30. The lowest BCUT2D eigenvalue weighted by Gasteiger charge is -2.38. The van der Waals surface area contributed by atoms with Crippen molar-refractivity contribution in [3.63, 3.8) is 0 Å². The molecule has 3 atom stereocenters. The molecule has 3 nitrogen and oxygen atoms in total. The van der Waals surface area contributed by atoms with E-state index in [4.69, 9.17) is 22.1 Å². The number of hydrogen-bond donors (Lipinski definition) is 1. The summed E-state index contributed by atoms with van der Waals surface area (Å²) < 4.78 is 6.27. The number of benzene rings is 1. The lowest BCUT2D eigenvalue weighted by molar-refractivity contribution is 0.0463. The summed E-state index contributed by atoms with van der Waals surface area (Å²) in [6.45, 7) is 3.19. The molecule has 0 aromatic heterocycles. The highest BCUT2D eigenvalue weighted by atomic mass is 35.5. The van der Waals surface area contributed by atoms with E-state index in [1.165, 1.54) is 0 Å². The third-order valence-electron chi connectivity index (χ3n) is 4.25. The van der Waals surface area contributed by atoms with Gasteiger partial charge >= 0.3 is 0 Å². The molecule has 1 aromatic carbocycles. The van der Waals surface area contributed by atoms with E-state index in [2.05, 4.69) is 18.9 Å². The minimum atomic E-state index is -0.117. The number of ether oxygens (including phenoxy) is 1. The lowest BCUT2D eigenvalue weighted by atomic mass is 9.86. The Balaban J connectivity index is 1.95. The Morgan fingerprint density at radius 1 is 1.44 bits per heavy atom. The molecule has 3 rings (SSSR count). The van der Waals surface area contributed by atoms with Crippen molar-refractivity contribution in [3.05, 3.63) is 28.8 Å². The molecule has 0 bridgehead atoms. The van der Waals surface area contributed by atoms with Gasteiger partial charge < -0.3 is 10.5 Å². The van der Waals surface area contributed by atoms with Gasteiger partial charge in [0, 0.05) is 42.1 Å². The molecule has 1 aromatic rings. The zero-order valence-corrected chi connectivity index (χ0v) is 11.6. The van der Waals surface area contributed by atoms with E-state index in [0.717, 1.165) is 35.7 Å². The summed E-state index contributed by atoms with van der Waals surface area (Å²) in [7, 11) is 2.14. The predicted molar refractivity (Wildman–Crippen MR) is 73.1 cm³/mol. The van der Waals surface area contributed by atoms with E-state index in [1.54, 1.807) is 0 Å². The molecule has 1 saturated heterocycles. The monoisotopic (exact) mass is 266 g/mol. The van der Waals surface area contributed by atoms with E-state index in [1.807, 2.05) is 18.2 Å². The maximum atomic E-state index is 6.30. The van der Waals surface area contributed by atoms with Crippen LogP contribution in [0.2, 0.25) is 5.02 Å². The molecule has 0 saturated carbocycles. The van der Waals surface area contributed by atoms with Crippen LogP contribution < -0.4 is 10.5 Å². The quantitative estimate of drug-likeness (QED) is 0.784. The first-order valence-corrected chi connectivity index (χ1v) is 6.81. The second kappa shape index (κ2) is 4.12. The molecule has 98 valence electrons. The zero-order chi connectivity index (χ0) is 12.9. The summed E-state index contributed by atoms with van der Waals surface area (Å²) >= 11 is 6.02. The van der Waals surface area contributed by atoms with Gasteiger partial charge in [-0.1, -0.05) is 11.6 Å². The molecule has 2 aliphatic heterocycles. The predicted octanol–water partition coefficient (Wildman–Crippen LogP) is 2.59. The first-order chi connectivity index (χ1) is 8.49. The maximum absolute atomic E-state index is 6.30. The number of rotatable bonds is 0. The first kappa shape index (κ1) is 12.3. The van der Waals surface area contributed by atoms with Crippen LogP contribution in [0, 0.1) is 0 Å². The van der Waals surface area contributed by atoms with Gasteiger partial charge in [-0.2, -0.15) is 0 Å². The summed E-state index contributed by atoms with van der Waals surface area (Å²) in [5.74, 6) is 0.903. The smallest absolute Gasteiger partial charge is 0.125 e. The fourth-order valence-electron chi connectivity index (χ4n) is 3.28. The zero-order valence-electron chi connectivity index (χ0n) is 10.8. The highest BCUT2D eigenvalue weighted by Gasteiger charge is 2.46. The Hall–Kier alpha value is -0.770.